The number of nitrogens with one attached hydrogen (secondary N) is 3. The normalized spacial score (nSPS) is 13.1. The molecule has 14 nitrogen and oxygen atoms in total. The summed E-state index contributed by atoms with van der Waals surface area (Å²) in [6.45, 7) is 4.16. The van der Waals surface area contributed by atoms with Crippen LogP contribution in [0.15, 0.2) is 35.3 Å². The molecule has 0 bridgehead atoms. The molecule has 0 fully saturated rings. The summed E-state index contributed by atoms with van der Waals surface area (Å²) < 4.78 is 5.70. The molecule has 3 aromatic rings. The first-order valence-corrected chi connectivity index (χ1v) is 16.3. The lowest BCUT2D eigenvalue weighted by Gasteiger charge is -2.32. The highest BCUT2D eigenvalue weighted by Gasteiger charge is 2.43. The predicted octanol–water partition coefficient (Wildman–Crippen LogP) is 4.65. The predicted molar refractivity (Wildman–Crippen MR) is 178 cm³/mol. The number of nitrogen functional groups attached to an aromatic ring is 1. The van der Waals surface area contributed by atoms with E-state index in [2.05, 4.69) is 37.5 Å². The smallest absolute Gasteiger partial charge is 0.336 e. The van der Waals surface area contributed by atoms with Crippen LogP contribution in [0.25, 0.3) is 11.2 Å². The van der Waals surface area contributed by atoms with E-state index in [1.165, 1.54) is 50.4 Å². The van der Waals surface area contributed by atoms with Crippen molar-refractivity contribution in [2.45, 2.75) is 109 Å². The molecule has 2 atom stereocenters. The van der Waals surface area contributed by atoms with Gasteiger partial charge in [0, 0.05) is 24.3 Å². The Morgan fingerprint density at radius 3 is 2.19 bits per heavy atom. The highest BCUT2D eigenvalue weighted by molar-refractivity contribution is 5.97. The number of hydrogen-bond donors (Lipinski definition) is 6. The lowest BCUT2D eigenvalue weighted by molar-refractivity contribution is -0.170. The zero-order valence-electron chi connectivity index (χ0n) is 27.2. The number of rotatable bonds is 22. The van der Waals surface area contributed by atoms with E-state index >= 15 is 0 Å². The van der Waals surface area contributed by atoms with Gasteiger partial charge in [-0.2, -0.15) is 4.98 Å². The number of aromatic amines is 1. The van der Waals surface area contributed by atoms with Crippen molar-refractivity contribution in [2.75, 3.05) is 17.7 Å². The van der Waals surface area contributed by atoms with Gasteiger partial charge in [-0.15, -0.1) is 0 Å². The Balaban J connectivity index is 1.56. The van der Waals surface area contributed by atoms with Gasteiger partial charge < -0.3 is 31.3 Å². The van der Waals surface area contributed by atoms with E-state index < -0.39 is 41.5 Å². The summed E-state index contributed by atoms with van der Waals surface area (Å²) in [5, 5.41) is 25.7. The van der Waals surface area contributed by atoms with E-state index in [9.17, 15) is 29.4 Å². The molecule has 1 unspecified atom stereocenters. The Bertz CT molecular complexity index is 1530. The molecule has 0 aliphatic rings. The number of amides is 1. The summed E-state index contributed by atoms with van der Waals surface area (Å²) in [6.07, 6.45) is 12.0. The summed E-state index contributed by atoms with van der Waals surface area (Å²) in [4.78, 5) is 64.5. The number of aromatic nitrogens is 4. The highest BCUT2D eigenvalue weighted by Crippen LogP contribution is 2.27. The number of carboxylic acid groups (broad SMARTS) is 2. The number of carbonyl (C=O) groups excluding carboxylic acids is 1. The third-order valence-electron chi connectivity index (χ3n) is 7.99. The maximum Gasteiger partial charge on any atom is 0.336 e. The molecule has 0 saturated heterocycles. The number of nitrogens with zero attached hydrogens (tertiary/aromatic N) is 3. The molecule has 0 spiro atoms. The van der Waals surface area contributed by atoms with Gasteiger partial charge in [0.25, 0.3) is 11.5 Å². The Kier molecular flexibility index (Phi) is 14.5. The number of anilines is 2. The fourth-order valence-corrected chi connectivity index (χ4v) is 5.42. The van der Waals surface area contributed by atoms with Gasteiger partial charge in [-0.1, -0.05) is 64.7 Å². The number of benzene rings is 1. The number of ether oxygens (including phenoxy) is 1. The van der Waals surface area contributed by atoms with Crippen molar-refractivity contribution < 1.29 is 29.3 Å². The molecule has 14 heteroatoms. The molecule has 3 rings (SSSR count). The van der Waals surface area contributed by atoms with Crippen LogP contribution in [-0.2, 0) is 20.9 Å². The van der Waals surface area contributed by atoms with Gasteiger partial charge in [0.2, 0.25) is 5.95 Å². The maximum absolute atomic E-state index is 13.0. The minimum absolute atomic E-state index is 0.0539. The van der Waals surface area contributed by atoms with Crippen molar-refractivity contribution in [3.05, 3.63) is 52.1 Å². The first-order chi connectivity index (χ1) is 22.6. The number of H-pyrrole nitrogens is 1. The Morgan fingerprint density at radius 1 is 0.957 bits per heavy atom. The molecule has 1 amide bonds. The molecule has 1 aromatic carbocycles. The summed E-state index contributed by atoms with van der Waals surface area (Å²) in [5.74, 6) is -3.31. The van der Waals surface area contributed by atoms with Crippen molar-refractivity contribution >= 4 is 40.6 Å². The lowest BCUT2D eigenvalue weighted by atomic mass is 9.88. The van der Waals surface area contributed by atoms with Crippen LogP contribution >= 0.6 is 0 Å². The molecule has 7 N–H and O–H groups in total. The zero-order chi connectivity index (χ0) is 34.2. The van der Waals surface area contributed by atoms with E-state index in [-0.39, 0.29) is 42.2 Å². The molecule has 2 aromatic heterocycles. The van der Waals surface area contributed by atoms with E-state index in [1.54, 1.807) is 19.1 Å². The molecule has 47 heavy (non-hydrogen) atoms. The van der Waals surface area contributed by atoms with Crippen molar-refractivity contribution in [3.63, 3.8) is 0 Å². The molecule has 0 saturated carbocycles. The number of unbranched alkanes of at least 4 members (excludes halogenated alkanes) is 9. The monoisotopic (exact) mass is 653 g/mol. The molecular formula is C33H47N7O7. The van der Waals surface area contributed by atoms with Crippen LogP contribution in [0, 0.1) is 0 Å². The van der Waals surface area contributed by atoms with E-state index in [4.69, 9.17) is 10.5 Å². The van der Waals surface area contributed by atoms with Gasteiger partial charge in [0.05, 0.1) is 18.4 Å². The van der Waals surface area contributed by atoms with Crippen molar-refractivity contribution in [2.24, 2.45) is 0 Å². The van der Waals surface area contributed by atoms with Crippen molar-refractivity contribution in [1.82, 2.24) is 25.3 Å². The van der Waals surface area contributed by atoms with Crippen LogP contribution in [0.4, 0.5) is 11.6 Å². The average molecular weight is 654 g/mol. The molecule has 0 radical (unpaired) electrons. The van der Waals surface area contributed by atoms with Gasteiger partial charge in [0.1, 0.15) is 6.04 Å². The SMILES string of the molecule is CCCCCCCCCCCCC(C[C@H](NC(=O)c1ccc(NCc2cnc3nc(N)[nH]c(=O)c3n2)cc1)C(=O)O)(OCC)C(=O)O. The quantitative estimate of drug-likeness (QED) is 0.0816. The van der Waals surface area contributed by atoms with Gasteiger partial charge in [-0.3, -0.25) is 14.6 Å². The second kappa shape index (κ2) is 18.5. The second-order valence-electron chi connectivity index (χ2n) is 11.6. The zero-order valence-corrected chi connectivity index (χ0v) is 27.2. The van der Waals surface area contributed by atoms with Crippen LogP contribution in [0.3, 0.4) is 0 Å². The topological polar surface area (TPSA) is 223 Å². The summed E-state index contributed by atoms with van der Waals surface area (Å²) >= 11 is 0. The largest absolute Gasteiger partial charge is 0.480 e. The molecular weight excluding hydrogens is 606 g/mol. The Hall–Kier alpha value is -4.59. The minimum atomic E-state index is -1.74. The summed E-state index contributed by atoms with van der Waals surface area (Å²) in [5.41, 5.74) is 4.76. The van der Waals surface area contributed by atoms with Gasteiger partial charge in [-0.25, -0.2) is 19.6 Å². The molecule has 0 aliphatic carbocycles. The van der Waals surface area contributed by atoms with Crippen LogP contribution in [0.2, 0.25) is 0 Å². The van der Waals surface area contributed by atoms with Crippen molar-refractivity contribution in [3.8, 4) is 0 Å². The standard InChI is InChI=1S/C33H47N7O7/c1-3-5-6-7-8-9-10-11-12-13-18-33(31(45)46,47-4-2)19-25(30(43)44)38-28(41)22-14-16-23(17-15-22)35-20-24-21-36-27-26(37-24)29(42)40-32(34)39-27/h14-17,21,25,35H,3-13,18-20H2,1-2H3,(H,38,41)(H,43,44)(H,45,46)(H3,34,36,39,40,42)/t25-,33?/m0/s1. The lowest BCUT2D eigenvalue weighted by Crippen LogP contribution is -2.51. The first kappa shape index (κ1) is 36.9. The number of carboxylic acids is 2. The van der Waals surface area contributed by atoms with E-state index in [1.807, 2.05) is 0 Å². The Morgan fingerprint density at radius 2 is 1.60 bits per heavy atom. The van der Waals surface area contributed by atoms with Gasteiger partial charge in [0.15, 0.2) is 16.8 Å². The minimum Gasteiger partial charge on any atom is -0.480 e. The first-order valence-electron chi connectivity index (χ1n) is 16.3. The number of hydrogen-bond acceptors (Lipinski definition) is 10. The molecule has 0 aliphatic heterocycles. The number of carbonyl (C=O) groups is 3. The van der Waals surface area contributed by atoms with Crippen LogP contribution in [0.1, 0.15) is 107 Å². The van der Waals surface area contributed by atoms with Gasteiger partial charge >= 0.3 is 11.9 Å². The molecule has 256 valence electrons. The van der Waals surface area contributed by atoms with Crippen LogP contribution < -0.4 is 21.9 Å². The fourth-order valence-electron chi connectivity index (χ4n) is 5.42. The van der Waals surface area contributed by atoms with Crippen molar-refractivity contribution in [1.29, 1.82) is 0 Å². The van der Waals surface area contributed by atoms with Crippen LogP contribution in [-0.4, -0.2) is 66.2 Å². The third kappa shape index (κ3) is 11.3. The average Bonchev–Trinajstić information content (AvgIpc) is 3.04. The number of fused-ring (bicyclic) bond motifs is 1. The molecule has 2 heterocycles. The van der Waals surface area contributed by atoms with Gasteiger partial charge in [-0.05, 0) is 44.0 Å². The fraction of sp³-hybridized carbons (Fsp3) is 0.545. The third-order valence-corrected chi connectivity index (χ3v) is 7.99. The maximum atomic E-state index is 13.0. The second-order valence-corrected chi connectivity index (χ2v) is 11.6. The number of nitrogens with two attached hydrogens (primary N) is 1. The Labute approximate surface area is 274 Å². The summed E-state index contributed by atoms with van der Waals surface area (Å²) in [6, 6.07) is 4.79. The number of aliphatic carboxylic acids is 2. The van der Waals surface area contributed by atoms with Crippen LogP contribution in [0.5, 0.6) is 0 Å². The summed E-state index contributed by atoms with van der Waals surface area (Å²) in [7, 11) is 0. The van der Waals surface area contributed by atoms with E-state index in [0.717, 1.165) is 25.7 Å². The highest BCUT2D eigenvalue weighted by atomic mass is 16.5. The van der Waals surface area contributed by atoms with E-state index in [0.29, 0.717) is 17.8 Å².